The van der Waals surface area contributed by atoms with Crippen molar-refractivity contribution >= 4 is 31.9 Å². The van der Waals surface area contributed by atoms with E-state index in [1.165, 1.54) is 26.2 Å². The van der Waals surface area contributed by atoms with Crippen LogP contribution in [0.2, 0.25) is 0 Å². The summed E-state index contributed by atoms with van der Waals surface area (Å²) >= 11 is 3.24. The lowest BCUT2D eigenvalue weighted by Gasteiger charge is -2.18. The minimum absolute atomic E-state index is 0.107. The van der Waals surface area contributed by atoms with Crippen LogP contribution in [0.1, 0.15) is 13.8 Å². The Morgan fingerprint density at radius 1 is 1.29 bits per heavy atom. The van der Waals surface area contributed by atoms with E-state index < -0.39 is 22.0 Å². The van der Waals surface area contributed by atoms with Gasteiger partial charge in [0.15, 0.2) is 0 Å². The fourth-order valence-corrected chi connectivity index (χ4v) is 3.09. The van der Waals surface area contributed by atoms with Crippen LogP contribution in [0.25, 0.3) is 0 Å². The highest BCUT2D eigenvalue weighted by Crippen LogP contribution is 2.14. The van der Waals surface area contributed by atoms with Gasteiger partial charge >= 0.3 is 0 Å². The van der Waals surface area contributed by atoms with E-state index in [0.717, 1.165) is 4.47 Å². The van der Waals surface area contributed by atoms with Crippen molar-refractivity contribution in [3.8, 4) is 0 Å². The number of sulfonamides is 1. The zero-order valence-corrected chi connectivity index (χ0v) is 14.5. The third kappa shape index (κ3) is 5.74. The number of amides is 1. The zero-order valence-electron chi connectivity index (χ0n) is 12.1. The van der Waals surface area contributed by atoms with Crippen molar-refractivity contribution in [2.75, 3.05) is 13.7 Å². The highest BCUT2D eigenvalue weighted by Gasteiger charge is 2.22. The molecule has 118 valence electrons. The van der Waals surface area contributed by atoms with Crippen molar-refractivity contribution < 1.29 is 17.9 Å². The van der Waals surface area contributed by atoms with E-state index in [1.807, 2.05) is 0 Å². The van der Waals surface area contributed by atoms with Gasteiger partial charge in [-0.05, 0) is 38.1 Å². The van der Waals surface area contributed by atoms with Crippen molar-refractivity contribution in [3.63, 3.8) is 0 Å². The molecule has 0 spiro atoms. The van der Waals surface area contributed by atoms with Gasteiger partial charge in [-0.3, -0.25) is 4.79 Å². The second-order valence-corrected chi connectivity index (χ2v) is 7.29. The summed E-state index contributed by atoms with van der Waals surface area (Å²) < 4.78 is 32.3. The molecule has 1 rings (SSSR count). The van der Waals surface area contributed by atoms with Gasteiger partial charge in [-0.15, -0.1) is 0 Å². The Hall–Kier alpha value is -0.960. The van der Waals surface area contributed by atoms with Crippen LogP contribution < -0.4 is 10.0 Å². The first-order chi connectivity index (χ1) is 9.76. The van der Waals surface area contributed by atoms with Gasteiger partial charge in [-0.2, -0.15) is 4.72 Å². The predicted molar refractivity (Wildman–Crippen MR) is 83.4 cm³/mol. The molecule has 0 saturated heterocycles. The maximum absolute atomic E-state index is 12.1. The van der Waals surface area contributed by atoms with E-state index in [-0.39, 0.29) is 10.9 Å². The molecule has 0 aliphatic rings. The smallest absolute Gasteiger partial charge is 0.241 e. The summed E-state index contributed by atoms with van der Waals surface area (Å²) in [5.41, 5.74) is 0. The van der Waals surface area contributed by atoms with Crippen LogP contribution in [-0.2, 0) is 19.6 Å². The zero-order chi connectivity index (χ0) is 16.0. The molecule has 0 aliphatic heterocycles. The van der Waals surface area contributed by atoms with Gasteiger partial charge in [0.25, 0.3) is 0 Å². The number of hydrogen-bond donors (Lipinski definition) is 2. The number of rotatable bonds is 7. The monoisotopic (exact) mass is 378 g/mol. The molecule has 0 aliphatic carbocycles. The lowest BCUT2D eigenvalue weighted by molar-refractivity contribution is -0.123. The van der Waals surface area contributed by atoms with Crippen LogP contribution in [0.4, 0.5) is 0 Å². The molecule has 1 aromatic rings. The first-order valence-electron chi connectivity index (χ1n) is 6.33. The molecule has 1 aromatic carbocycles. The lowest BCUT2D eigenvalue weighted by Crippen LogP contribution is -2.48. The van der Waals surface area contributed by atoms with E-state index in [9.17, 15) is 13.2 Å². The molecule has 1 amide bonds. The largest absolute Gasteiger partial charge is 0.383 e. The summed E-state index contributed by atoms with van der Waals surface area (Å²) in [4.78, 5) is 12.0. The van der Waals surface area contributed by atoms with E-state index >= 15 is 0 Å². The summed E-state index contributed by atoms with van der Waals surface area (Å²) in [5, 5.41) is 2.67. The number of ether oxygens (including phenoxy) is 1. The summed E-state index contributed by atoms with van der Waals surface area (Å²) in [6.07, 6.45) is 0. The molecule has 0 saturated carbocycles. The second kappa shape index (κ2) is 7.88. The number of carbonyl (C=O) groups excluding carboxylic acids is 1. The van der Waals surface area contributed by atoms with Crippen LogP contribution in [0.15, 0.2) is 33.6 Å². The third-order valence-electron chi connectivity index (χ3n) is 2.65. The highest BCUT2D eigenvalue weighted by atomic mass is 79.9. The Bertz CT molecular complexity index is 574. The Balaban J connectivity index is 2.70. The Labute approximate surface area is 133 Å². The summed E-state index contributed by atoms with van der Waals surface area (Å²) in [6.45, 7) is 3.63. The van der Waals surface area contributed by atoms with Crippen LogP contribution in [-0.4, -0.2) is 40.1 Å². The van der Waals surface area contributed by atoms with Crippen molar-refractivity contribution in [2.24, 2.45) is 0 Å². The minimum atomic E-state index is -3.73. The van der Waals surface area contributed by atoms with Gasteiger partial charge in [0.1, 0.15) is 0 Å². The first-order valence-corrected chi connectivity index (χ1v) is 8.61. The van der Waals surface area contributed by atoms with E-state index in [2.05, 4.69) is 26.0 Å². The van der Waals surface area contributed by atoms with Gasteiger partial charge in [0, 0.05) is 17.6 Å². The highest BCUT2D eigenvalue weighted by molar-refractivity contribution is 9.10. The van der Waals surface area contributed by atoms with Gasteiger partial charge in [-0.25, -0.2) is 8.42 Å². The van der Waals surface area contributed by atoms with Crippen molar-refractivity contribution in [2.45, 2.75) is 30.8 Å². The number of halogens is 1. The average molecular weight is 379 g/mol. The number of carbonyl (C=O) groups is 1. The molecule has 0 radical (unpaired) electrons. The van der Waals surface area contributed by atoms with Crippen molar-refractivity contribution in [1.82, 2.24) is 10.0 Å². The maximum atomic E-state index is 12.1. The summed E-state index contributed by atoms with van der Waals surface area (Å²) in [5.74, 6) is -0.403. The second-order valence-electron chi connectivity index (χ2n) is 4.66. The number of nitrogens with one attached hydrogen (secondary N) is 2. The normalized spacial score (nSPS) is 14.5. The molecule has 0 heterocycles. The molecular weight excluding hydrogens is 360 g/mol. The summed E-state index contributed by atoms with van der Waals surface area (Å²) in [7, 11) is -2.20. The minimum Gasteiger partial charge on any atom is -0.383 e. The molecule has 8 heteroatoms. The molecule has 6 nitrogen and oxygen atoms in total. The Morgan fingerprint density at radius 3 is 2.38 bits per heavy atom. The van der Waals surface area contributed by atoms with E-state index in [0.29, 0.717) is 6.61 Å². The van der Waals surface area contributed by atoms with Crippen LogP contribution in [0.3, 0.4) is 0 Å². The van der Waals surface area contributed by atoms with Crippen molar-refractivity contribution in [1.29, 1.82) is 0 Å². The summed E-state index contributed by atoms with van der Waals surface area (Å²) in [6, 6.07) is 5.11. The van der Waals surface area contributed by atoms with Gasteiger partial charge in [-0.1, -0.05) is 15.9 Å². The standard InChI is InChI=1S/C13H19BrN2O4S/c1-9(8-20-3)15-13(17)10(2)16-21(18,19)12-6-4-11(14)5-7-12/h4-7,9-10,16H,8H2,1-3H3,(H,15,17)/t9-,10+/m0/s1. The SMILES string of the molecule is COC[C@H](C)NC(=O)[C@@H](C)NS(=O)(=O)c1ccc(Br)cc1. The molecule has 0 aromatic heterocycles. The molecule has 2 atom stereocenters. The Morgan fingerprint density at radius 2 is 1.86 bits per heavy atom. The van der Waals surface area contributed by atoms with Gasteiger partial charge in [0.2, 0.25) is 15.9 Å². The molecule has 0 fully saturated rings. The molecular formula is C13H19BrN2O4S. The molecule has 0 bridgehead atoms. The molecule has 21 heavy (non-hydrogen) atoms. The first kappa shape index (κ1) is 18.1. The lowest BCUT2D eigenvalue weighted by atomic mass is 10.3. The number of benzene rings is 1. The predicted octanol–water partition coefficient (Wildman–Crippen LogP) is 1.27. The molecule has 2 N–H and O–H groups in total. The fourth-order valence-electron chi connectivity index (χ4n) is 1.63. The molecule has 0 unspecified atom stereocenters. The average Bonchev–Trinajstić information content (AvgIpc) is 2.38. The topological polar surface area (TPSA) is 84.5 Å². The van der Waals surface area contributed by atoms with Crippen LogP contribution >= 0.6 is 15.9 Å². The quantitative estimate of drug-likeness (QED) is 0.747. The van der Waals surface area contributed by atoms with Crippen LogP contribution in [0.5, 0.6) is 0 Å². The fraction of sp³-hybridized carbons (Fsp3) is 0.462. The van der Waals surface area contributed by atoms with Gasteiger partial charge < -0.3 is 10.1 Å². The van der Waals surface area contributed by atoms with E-state index in [4.69, 9.17) is 4.74 Å². The van der Waals surface area contributed by atoms with Crippen LogP contribution in [0, 0.1) is 0 Å². The van der Waals surface area contributed by atoms with Gasteiger partial charge in [0.05, 0.1) is 17.5 Å². The number of hydrogen-bond acceptors (Lipinski definition) is 4. The maximum Gasteiger partial charge on any atom is 0.241 e. The van der Waals surface area contributed by atoms with E-state index in [1.54, 1.807) is 19.1 Å². The van der Waals surface area contributed by atoms with Crippen molar-refractivity contribution in [3.05, 3.63) is 28.7 Å². The Kier molecular flexibility index (Phi) is 6.79. The number of methoxy groups -OCH3 is 1. The third-order valence-corrected chi connectivity index (χ3v) is 4.74.